The van der Waals surface area contributed by atoms with Crippen LogP contribution in [0.5, 0.6) is 0 Å². The number of amides is 1. The first-order valence-electron chi connectivity index (χ1n) is 6.04. The first kappa shape index (κ1) is 15.0. The summed E-state index contributed by atoms with van der Waals surface area (Å²) in [5, 5.41) is 13.5. The summed E-state index contributed by atoms with van der Waals surface area (Å²) in [6.45, 7) is 0.306. The van der Waals surface area contributed by atoms with Crippen molar-refractivity contribution in [3.8, 4) is 0 Å². The lowest BCUT2D eigenvalue weighted by Gasteiger charge is -2.08. The number of carbonyl (C=O) groups is 1. The van der Waals surface area contributed by atoms with E-state index >= 15 is 0 Å². The summed E-state index contributed by atoms with van der Waals surface area (Å²) in [5.74, 6) is -0.448. The van der Waals surface area contributed by atoms with Crippen molar-refractivity contribution in [2.24, 2.45) is 0 Å². The highest BCUT2D eigenvalue weighted by Gasteiger charge is 2.18. The van der Waals surface area contributed by atoms with Crippen molar-refractivity contribution in [3.63, 3.8) is 0 Å². The molecule has 0 saturated heterocycles. The lowest BCUT2D eigenvalue weighted by Crippen LogP contribution is -2.24. The van der Waals surface area contributed by atoms with Crippen LogP contribution in [0.15, 0.2) is 46.9 Å². The molecule has 1 amide bonds. The second-order valence-electron chi connectivity index (χ2n) is 4.31. The molecule has 0 heterocycles. The number of nitrogens with two attached hydrogens (primary N) is 1. The van der Waals surface area contributed by atoms with Crippen molar-refractivity contribution in [1.29, 1.82) is 0 Å². The number of carbonyl (C=O) groups excluding carboxylic acids is 1. The molecule has 0 saturated carbocycles. The van der Waals surface area contributed by atoms with E-state index < -0.39 is 10.8 Å². The first-order valence-corrected chi connectivity index (χ1v) is 6.84. The van der Waals surface area contributed by atoms with Crippen LogP contribution >= 0.6 is 15.9 Å². The zero-order valence-electron chi connectivity index (χ0n) is 10.9. The van der Waals surface area contributed by atoms with Crippen LogP contribution in [0.3, 0.4) is 0 Å². The maximum absolute atomic E-state index is 12.1. The Morgan fingerprint density at radius 1 is 1.29 bits per heavy atom. The molecule has 2 aromatic carbocycles. The Morgan fingerprint density at radius 3 is 2.67 bits per heavy atom. The van der Waals surface area contributed by atoms with Crippen LogP contribution in [0.25, 0.3) is 0 Å². The number of nitrogens with zero attached hydrogens (tertiary/aromatic N) is 1. The van der Waals surface area contributed by atoms with Gasteiger partial charge in [-0.3, -0.25) is 14.9 Å². The molecule has 0 aliphatic heterocycles. The zero-order valence-corrected chi connectivity index (χ0v) is 12.5. The molecule has 2 aromatic rings. The van der Waals surface area contributed by atoms with Crippen LogP contribution in [0.2, 0.25) is 0 Å². The number of rotatable bonds is 4. The summed E-state index contributed by atoms with van der Waals surface area (Å²) in [7, 11) is 0. The number of nitro benzene ring substituents is 1. The number of hydrogen-bond acceptors (Lipinski definition) is 4. The molecule has 7 heteroatoms. The maximum Gasteiger partial charge on any atom is 0.292 e. The van der Waals surface area contributed by atoms with Gasteiger partial charge in [0.15, 0.2) is 0 Å². The summed E-state index contributed by atoms with van der Waals surface area (Å²) >= 11 is 3.34. The zero-order chi connectivity index (χ0) is 15.4. The summed E-state index contributed by atoms with van der Waals surface area (Å²) < 4.78 is 0.907. The van der Waals surface area contributed by atoms with Crippen LogP contribution in [0, 0.1) is 10.1 Å². The second kappa shape index (κ2) is 6.36. The molecular weight excluding hydrogens is 338 g/mol. The minimum absolute atomic E-state index is 0.0965. The number of nitrogens with one attached hydrogen (secondary N) is 1. The topological polar surface area (TPSA) is 98.3 Å². The number of para-hydroxylation sites is 1. The van der Waals surface area contributed by atoms with Gasteiger partial charge in [0, 0.05) is 17.1 Å². The van der Waals surface area contributed by atoms with E-state index in [1.165, 1.54) is 18.2 Å². The van der Waals surface area contributed by atoms with E-state index in [4.69, 9.17) is 5.73 Å². The van der Waals surface area contributed by atoms with Gasteiger partial charge in [-0.05, 0) is 23.8 Å². The molecule has 0 aliphatic carbocycles. The molecule has 0 spiro atoms. The molecule has 0 aromatic heterocycles. The van der Waals surface area contributed by atoms with Gasteiger partial charge in [0.05, 0.1) is 10.5 Å². The van der Waals surface area contributed by atoms with Gasteiger partial charge in [-0.25, -0.2) is 0 Å². The van der Waals surface area contributed by atoms with Crippen molar-refractivity contribution in [3.05, 3.63) is 68.2 Å². The van der Waals surface area contributed by atoms with Crippen LogP contribution in [0.1, 0.15) is 15.9 Å². The third kappa shape index (κ3) is 3.57. The highest BCUT2D eigenvalue weighted by atomic mass is 79.9. The normalized spacial score (nSPS) is 10.1. The number of hydrogen-bond donors (Lipinski definition) is 2. The van der Waals surface area contributed by atoms with E-state index in [1.807, 2.05) is 24.3 Å². The van der Waals surface area contributed by atoms with E-state index in [0.717, 1.165) is 10.0 Å². The lowest BCUT2D eigenvalue weighted by atomic mass is 10.1. The van der Waals surface area contributed by atoms with Gasteiger partial charge in [-0.2, -0.15) is 0 Å². The fourth-order valence-electron chi connectivity index (χ4n) is 1.83. The molecule has 3 N–H and O–H groups in total. The summed E-state index contributed by atoms with van der Waals surface area (Å²) in [6, 6.07) is 11.6. The largest absolute Gasteiger partial charge is 0.393 e. The Kier molecular flexibility index (Phi) is 4.54. The third-order valence-corrected chi connectivity index (χ3v) is 3.36. The molecule has 0 unspecified atom stereocenters. The number of nitro groups is 1. The lowest BCUT2D eigenvalue weighted by molar-refractivity contribution is -0.383. The van der Waals surface area contributed by atoms with Crippen molar-refractivity contribution < 1.29 is 9.72 Å². The van der Waals surface area contributed by atoms with Crippen molar-refractivity contribution >= 4 is 33.2 Å². The summed E-state index contributed by atoms with van der Waals surface area (Å²) in [6.07, 6.45) is 0. The van der Waals surface area contributed by atoms with E-state index in [0.29, 0.717) is 6.54 Å². The number of benzene rings is 2. The molecule has 21 heavy (non-hydrogen) atoms. The van der Waals surface area contributed by atoms with E-state index in [1.54, 1.807) is 0 Å². The van der Waals surface area contributed by atoms with Gasteiger partial charge >= 0.3 is 0 Å². The van der Waals surface area contributed by atoms with E-state index in [-0.39, 0.29) is 16.9 Å². The Labute approximate surface area is 129 Å². The van der Waals surface area contributed by atoms with Gasteiger partial charge < -0.3 is 11.1 Å². The minimum atomic E-state index is -0.611. The van der Waals surface area contributed by atoms with Gasteiger partial charge in [0.25, 0.3) is 11.6 Å². The van der Waals surface area contributed by atoms with Crippen molar-refractivity contribution in [1.82, 2.24) is 5.32 Å². The fourth-order valence-corrected chi connectivity index (χ4v) is 2.28. The maximum atomic E-state index is 12.1. The quantitative estimate of drug-likeness (QED) is 0.503. The monoisotopic (exact) mass is 349 g/mol. The Morgan fingerprint density at radius 2 is 2.00 bits per heavy atom. The van der Waals surface area contributed by atoms with Gasteiger partial charge in [-0.1, -0.05) is 34.1 Å². The van der Waals surface area contributed by atoms with Crippen LogP contribution in [-0.2, 0) is 6.54 Å². The molecule has 0 fully saturated rings. The summed E-state index contributed by atoms with van der Waals surface area (Å²) in [4.78, 5) is 22.3. The molecule has 108 valence electrons. The van der Waals surface area contributed by atoms with E-state index in [9.17, 15) is 14.9 Å². The van der Waals surface area contributed by atoms with Gasteiger partial charge in [0.1, 0.15) is 5.69 Å². The molecule has 2 rings (SSSR count). The van der Waals surface area contributed by atoms with Crippen LogP contribution < -0.4 is 11.1 Å². The van der Waals surface area contributed by atoms with E-state index in [2.05, 4.69) is 21.2 Å². The number of anilines is 1. The average Bonchev–Trinajstić information content (AvgIpc) is 2.45. The standard InChI is InChI=1S/C14H12BrN3O3/c15-10-4-1-3-9(7-10)8-17-14(19)11-5-2-6-12(13(11)16)18(20)21/h1-7H,8,16H2,(H,17,19). The van der Waals surface area contributed by atoms with Crippen LogP contribution in [-0.4, -0.2) is 10.8 Å². The predicted molar refractivity (Wildman–Crippen MR) is 82.8 cm³/mol. The second-order valence-corrected chi connectivity index (χ2v) is 5.22. The molecule has 0 aliphatic rings. The van der Waals surface area contributed by atoms with Gasteiger partial charge in [-0.15, -0.1) is 0 Å². The third-order valence-electron chi connectivity index (χ3n) is 2.87. The highest BCUT2D eigenvalue weighted by molar-refractivity contribution is 9.10. The SMILES string of the molecule is Nc1c(C(=O)NCc2cccc(Br)c2)cccc1[N+](=O)[O-]. The Hall–Kier alpha value is -2.41. The molecule has 0 atom stereocenters. The van der Waals surface area contributed by atoms with Crippen LogP contribution in [0.4, 0.5) is 11.4 Å². The average molecular weight is 350 g/mol. The number of halogens is 1. The Bertz CT molecular complexity index is 704. The highest BCUT2D eigenvalue weighted by Crippen LogP contribution is 2.24. The minimum Gasteiger partial charge on any atom is -0.393 e. The number of nitrogen functional groups attached to an aromatic ring is 1. The van der Waals surface area contributed by atoms with Gasteiger partial charge in [0.2, 0.25) is 0 Å². The molecule has 0 bridgehead atoms. The molecular formula is C14H12BrN3O3. The first-order chi connectivity index (χ1) is 9.99. The van der Waals surface area contributed by atoms with Crippen molar-refractivity contribution in [2.75, 3.05) is 5.73 Å². The molecule has 0 radical (unpaired) electrons. The predicted octanol–water partition coefficient (Wildman–Crippen LogP) is 2.87. The fraction of sp³-hybridized carbons (Fsp3) is 0.0714. The smallest absolute Gasteiger partial charge is 0.292 e. The van der Waals surface area contributed by atoms with Crippen molar-refractivity contribution in [2.45, 2.75) is 6.54 Å². The molecule has 6 nitrogen and oxygen atoms in total. The Balaban J connectivity index is 2.14. The summed E-state index contributed by atoms with van der Waals surface area (Å²) in [5.41, 5.74) is 6.27.